The number of amides is 2. The van der Waals surface area contributed by atoms with E-state index in [1.807, 2.05) is 6.92 Å². The summed E-state index contributed by atoms with van der Waals surface area (Å²) in [6.45, 7) is 6.09. The summed E-state index contributed by atoms with van der Waals surface area (Å²) in [4.78, 5) is 24.4. The zero-order chi connectivity index (χ0) is 15.3. The predicted molar refractivity (Wildman–Crippen MR) is 72.5 cm³/mol. The maximum Gasteiger partial charge on any atom is 0.317 e. The van der Waals surface area contributed by atoms with Crippen LogP contribution in [0, 0.1) is 0 Å². The molecule has 2 atom stereocenters. The lowest BCUT2D eigenvalue weighted by Crippen LogP contribution is -2.57. The molecule has 1 saturated heterocycles. The van der Waals surface area contributed by atoms with Gasteiger partial charge in [0.25, 0.3) is 0 Å². The summed E-state index contributed by atoms with van der Waals surface area (Å²) in [7, 11) is 0. The van der Waals surface area contributed by atoms with Crippen molar-refractivity contribution in [3.05, 3.63) is 0 Å². The largest absolute Gasteiger partial charge is 0.481 e. The molecule has 116 valence electrons. The minimum absolute atomic E-state index is 0.00601. The lowest BCUT2D eigenvalue weighted by Gasteiger charge is -2.38. The van der Waals surface area contributed by atoms with E-state index >= 15 is 0 Å². The number of rotatable bonds is 5. The van der Waals surface area contributed by atoms with Gasteiger partial charge in [0.15, 0.2) is 0 Å². The average Bonchev–Trinajstić information content (AvgIpc) is 2.35. The van der Waals surface area contributed by atoms with Crippen molar-refractivity contribution in [2.75, 3.05) is 19.7 Å². The van der Waals surface area contributed by atoms with E-state index in [-0.39, 0.29) is 31.3 Å². The van der Waals surface area contributed by atoms with Crippen LogP contribution in [0.5, 0.6) is 0 Å². The van der Waals surface area contributed by atoms with Gasteiger partial charge in [-0.1, -0.05) is 0 Å². The van der Waals surface area contributed by atoms with Crippen LogP contribution in [0.25, 0.3) is 0 Å². The molecule has 0 spiro atoms. The van der Waals surface area contributed by atoms with Gasteiger partial charge in [-0.2, -0.15) is 0 Å². The van der Waals surface area contributed by atoms with Crippen molar-refractivity contribution in [1.29, 1.82) is 0 Å². The number of urea groups is 1. The fourth-order valence-electron chi connectivity index (χ4n) is 2.16. The predicted octanol–water partition coefficient (Wildman–Crippen LogP) is 0.421. The summed E-state index contributed by atoms with van der Waals surface area (Å²) >= 11 is 0. The highest BCUT2D eigenvalue weighted by Crippen LogP contribution is 2.15. The lowest BCUT2D eigenvalue weighted by atomic mass is 9.98. The molecule has 1 aliphatic heterocycles. The average molecular weight is 288 g/mol. The second kappa shape index (κ2) is 6.90. The monoisotopic (exact) mass is 288 g/mol. The van der Waals surface area contributed by atoms with Gasteiger partial charge in [0.05, 0.1) is 25.4 Å². The van der Waals surface area contributed by atoms with Gasteiger partial charge in [-0.05, 0) is 27.2 Å². The molecule has 3 N–H and O–H groups in total. The first-order valence-corrected chi connectivity index (χ1v) is 6.78. The molecule has 7 heteroatoms. The minimum Gasteiger partial charge on any atom is -0.481 e. The Hall–Kier alpha value is -1.34. The van der Waals surface area contributed by atoms with Crippen LogP contribution in [0.1, 0.15) is 33.6 Å². The van der Waals surface area contributed by atoms with Crippen molar-refractivity contribution in [1.82, 2.24) is 10.2 Å². The number of morpholine rings is 1. The van der Waals surface area contributed by atoms with Gasteiger partial charge in [0.1, 0.15) is 0 Å². The van der Waals surface area contributed by atoms with Gasteiger partial charge in [-0.15, -0.1) is 0 Å². The van der Waals surface area contributed by atoms with Crippen molar-refractivity contribution < 1.29 is 24.5 Å². The smallest absolute Gasteiger partial charge is 0.317 e. The number of hydrogen-bond donors (Lipinski definition) is 3. The van der Waals surface area contributed by atoms with Gasteiger partial charge >= 0.3 is 12.0 Å². The quantitative estimate of drug-likeness (QED) is 0.681. The number of ether oxygens (including phenoxy) is 1. The van der Waals surface area contributed by atoms with Crippen molar-refractivity contribution in [2.45, 2.75) is 51.4 Å². The topological polar surface area (TPSA) is 99.1 Å². The number of carboxylic acids is 1. The SMILES string of the molecule is CC1CN(C(=O)NC(C)(C)CCC(=O)O)CC(CO)O1. The molecule has 0 radical (unpaired) electrons. The maximum atomic E-state index is 12.2. The van der Waals surface area contributed by atoms with Gasteiger partial charge in [-0.25, -0.2) is 4.79 Å². The maximum absolute atomic E-state index is 12.2. The fraction of sp³-hybridized carbons (Fsp3) is 0.846. The van der Waals surface area contributed by atoms with Gasteiger partial charge in [0, 0.05) is 18.5 Å². The number of carbonyl (C=O) groups is 2. The molecular weight excluding hydrogens is 264 g/mol. The van der Waals surface area contributed by atoms with E-state index in [1.54, 1.807) is 18.7 Å². The number of aliphatic hydroxyl groups excluding tert-OH is 1. The standard InChI is InChI=1S/C13H24N2O5/c1-9-6-15(7-10(8-16)20-9)12(19)14-13(2,3)5-4-11(17)18/h9-10,16H,4-8H2,1-3H3,(H,14,19)(H,17,18). The Morgan fingerprint density at radius 2 is 2.05 bits per heavy atom. The van der Waals surface area contributed by atoms with E-state index in [9.17, 15) is 9.59 Å². The normalized spacial score (nSPS) is 23.5. The number of nitrogens with one attached hydrogen (secondary N) is 1. The molecule has 0 aliphatic carbocycles. The number of nitrogens with zero attached hydrogens (tertiary/aromatic N) is 1. The molecule has 2 unspecified atom stereocenters. The Labute approximate surface area is 118 Å². The number of aliphatic carboxylic acids is 1. The fourth-order valence-corrected chi connectivity index (χ4v) is 2.16. The number of carboxylic acid groups (broad SMARTS) is 1. The van der Waals surface area contributed by atoms with Crippen LogP contribution >= 0.6 is 0 Å². The Balaban J connectivity index is 2.54. The molecule has 1 rings (SSSR count). The first kappa shape index (κ1) is 16.7. The third kappa shape index (κ3) is 5.34. The molecule has 0 aromatic heterocycles. The van der Waals surface area contributed by atoms with Crippen LogP contribution in [0.15, 0.2) is 0 Å². The highest BCUT2D eigenvalue weighted by Gasteiger charge is 2.30. The van der Waals surface area contributed by atoms with E-state index in [1.165, 1.54) is 0 Å². The van der Waals surface area contributed by atoms with Crippen LogP contribution in [0.4, 0.5) is 4.79 Å². The van der Waals surface area contributed by atoms with Crippen LogP contribution < -0.4 is 5.32 Å². The number of carbonyl (C=O) groups excluding carboxylic acids is 1. The molecule has 0 aromatic rings. The summed E-state index contributed by atoms with van der Waals surface area (Å²) in [5.41, 5.74) is -0.592. The molecule has 1 aliphatic rings. The van der Waals surface area contributed by atoms with Crippen molar-refractivity contribution in [2.24, 2.45) is 0 Å². The molecule has 1 fully saturated rings. The van der Waals surface area contributed by atoms with Crippen molar-refractivity contribution in [3.63, 3.8) is 0 Å². The van der Waals surface area contributed by atoms with Gasteiger partial charge in [-0.3, -0.25) is 4.79 Å². The Morgan fingerprint density at radius 1 is 1.40 bits per heavy atom. The zero-order valence-corrected chi connectivity index (χ0v) is 12.3. The lowest BCUT2D eigenvalue weighted by molar-refractivity contribution is -0.137. The highest BCUT2D eigenvalue weighted by atomic mass is 16.5. The van der Waals surface area contributed by atoms with E-state index in [0.29, 0.717) is 19.5 Å². The van der Waals surface area contributed by atoms with E-state index in [0.717, 1.165) is 0 Å². The summed E-state index contributed by atoms with van der Waals surface area (Å²) in [6.07, 6.45) is -0.135. The second-order valence-electron chi connectivity index (χ2n) is 5.86. The molecular formula is C13H24N2O5. The molecule has 0 aromatic carbocycles. The third-order valence-electron chi connectivity index (χ3n) is 3.23. The molecule has 0 saturated carbocycles. The number of hydrogen-bond acceptors (Lipinski definition) is 4. The summed E-state index contributed by atoms with van der Waals surface area (Å²) < 4.78 is 5.48. The van der Waals surface area contributed by atoms with E-state index < -0.39 is 11.5 Å². The first-order chi connectivity index (χ1) is 9.23. The molecule has 0 bridgehead atoms. The number of aliphatic hydroxyl groups is 1. The van der Waals surface area contributed by atoms with Gasteiger partial charge < -0.3 is 25.2 Å². The summed E-state index contributed by atoms with van der Waals surface area (Å²) in [6, 6.07) is -0.256. The minimum atomic E-state index is -0.882. The Morgan fingerprint density at radius 3 is 2.60 bits per heavy atom. The summed E-state index contributed by atoms with van der Waals surface area (Å²) in [5.74, 6) is -0.882. The van der Waals surface area contributed by atoms with Crippen LogP contribution in [0.3, 0.4) is 0 Å². The molecule has 1 heterocycles. The Bertz CT molecular complexity index is 359. The van der Waals surface area contributed by atoms with Crippen LogP contribution in [-0.2, 0) is 9.53 Å². The zero-order valence-electron chi connectivity index (χ0n) is 12.3. The van der Waals surface area contributed by atoms with Crippen molar-refractivity contribution >= 4 is 12.0 Å². The van der Waals surface area contributed by atoms with Crippen LogP contribution in [0.2, 0.25) is 0 Å². The molecule has 2 amide bonds. The second-order valence-corrected chi connectivity index (χ2v) is 5.86. The molecule has 7 nitrogen and oxygen atoms in total. The van der Waals surface area contributed by atoms with Crippen molar-refractivity contribution in [3.8, 4) is 0 Å². The molecule has 20 heavy (non-hydrogen) atoms. The van der Waals surface area contributed by atoms with E-state index in [4.69, 9.17) is 14.9 Å². The third-order valence-corrected chi connectivity index (χ3v) is 3.23. The Kier molecular flexibility index (Phi) is 5.76. The van der Waals surface area contributed by atoms with E-state index in [2.05, 4.69) is 5.32 Å². The summed E-state index contributed by atoms with van der Waals surface area (Å²) in [5, 5.41) is 20.7. The van der Waals surface area contributed by atoms with Crippen LogP contribution in [-0.4, -0.2) is 64.6 Å². The first-order valence-electron chi connectivity index (χ1n) is 6.78. The highest BCUT2D eigenvalue weighted by molar-refractivity contribution is 5.75. The van der Waals surface area contributed by atoms with Gasteiger partial charge in [0.2, 0.25) is 0 Å².